The highest BCUT2D eigenvalue weighted by Crippen LogP contribution is 2.19. The van der Waals surface area contributed by atoms with Crippen LogP contribution < -0.4 is 10.6 Å². The summed E-state index contributed by atoms with van der Waals surface area (Å²) in [4.78, 5) is 37.8. The molecule has 0 unspecified atom stereocenters. The third kappa shape index (κ3) is 5.42. The number of benzene rings is 2. The molecule has 0 saturated carbocycles. The maximum atomic E-state index is 12.2. The Labute approximate surface area is 164 Å². The Kier molecular flexibility index (Phi) is 6.78. The van der Waals surface area contributed by atoms with E-state index in [1.165, 1.54) is 0 Å². The van der Waals surface area contributed by atoms with E-state index >= 15 is 0 Å². The quantitative estimate of drug-likeness (QED) is 0.774. The van der Waals surface area contributed by atoms with Gasteiger partial charge < -0.3 is 15.5 Å². The fourth-order valence-electron chi connectivity index (χ4n) is 3.20. The standard InChI is InChI=1S/C22H25N3O3/c26-20(23-13-12-21(27)25-14-4-5-15-25)16-24-22(28)19-10-8-18(9-11-19)17-6-2-1-3-7-17/h1-3,6-11H,4-5,12-16H2,(H,23,26)(H,24,28). The van der Waals surface area contributed by atoms with Gasteiger partial charge in [0.2, 0.25) is 11.8 Å². The molecule has 6 heteroatoms. The van der Waals surface area contributed by atoms with E-state index in [0.29, 0.717) is 12.0 Å². The zero-order valence-corrected chi connectivity index (χ0v) is 15.8. The van der Waals surface area contributed by atoms with E-state index in [1.54, 1.807) is 12.1 Å². The average Bonchev–Trinajstić information content (AvgIpc) is 3.28. The number of amides is 3. The molecular formula is C22H25N3O3. The molecular weight excluding hydrogens is 354 g/mol. The van der Waals surface area contributed by atoms with E-state index in [9.17, 15) is 14.4 Å². The van der Waals surface area contributed by atoms with Gasteiger partial charge in [-0.1, -0.05) is 42.5 Å². The first-order chi connectivity index (χ1) is 13.6. The Morgan fingerprint density at radius 1 is 0.821 bits per heavy atom. The molecule has 0 bridgehead atoms. The normalized spacial score (nSPS) is 13.2. The minimum absolute atomic E-state index is 0.0698. The number of rotatable bonds is 7. The van der Waals surface area contributed by atoms with E-state index in [-0.39, 0.29) is 30.8 Å². The van der Waals surface area contributed by atoms with E-state index in [2.05, 4.69) is 10.6 Å². The smallest absolute Gasteiger partial charge is 0.251 e. The molecule has 1 aliphatic heterocycles. The molecule has 0 spiro atoms. The maximum Gasteiger partial charge on any atom is 0.251 e. The first-order valence-corrected chi connectivity index (χ1v) is 9.61. The first kappa shape index (κ1) is 19.6. The summed E-state index contributed by atoms with van der Waals surface area (Å²) in [6.07, 6.45) is 2.40. The molecule has 1 fully saturated rings. The minimum atomic E-state index is -0.303. The molecule has 0 radical (unpaired) electrons. The van der Waals surface area contributed by atoms with Crippen LogP contribution in [0.4, 0.5) is 0 Å². The van der Waals surface area contributed by atoms with Crippen LogP contribution in [0.5, 0.6) is 0 Å². The molecule has 0 aromatic heterocycles. The second-order valence-electron chi connectivity index (χ2n) is 6.81. The molecule has 146 valence electrons. The summed E-state index contributed by atoms with van der Waals surface area (Å²) < 4.78 is 0. The number of hydrogen-bond acceptors (Lipinski definition) is 3. The first-order valence-electron chi connectivity index (χ1n) is 9.61. The van der Waals surface area contributed by atoms with Crippen LogP contribution in [0.1, 0.15) is 29.6 Å². The summed E-state index contributed by atoms with van der Waals surface area (Å²) in [6.45, 7) is 1.80. The van der Waals surface area contributed by atoms with Crippen molar-refractivity contribution in [2.24, 2.45) is 0 Å². The largest absolute Gasteiger partial charge is 0.354 e. The van der Waals surface area contributed by atoms with Gasteiger partial charge in [0.25, 0.3) is 5.91 Å². The van der Waals surface area contributed by atoms with Crippen molar-refractivity contribution in [1.82, 2.24) is 15.5 Å². The van der Waals surface area contributed by atoms with Gasteiger partial charge in [-0.3, -0.25) is 14.4 Å². The van der Waals surface area contributed by atoms with Crippen molar-refractivity contribution in [2.45, 2.75) is 19.3 Å². The number of carbonyl (C=O) groups excluding carboxylic acids is 3. The van der Waals surface area contributed by atoms with Gasteiger partial charge in [0, 0.05) is 31.6 Å². The Morgan fingerprint density at radius 2 is 1.46 bits per heavy atom. The topological polar surface area (TPSA) is 78.5 Å². The van der Waals surface area contributed by atoms with Crippen molar-refractivity contribution in [1.29, 1.82) is 0 Å². The number of nitrogens with zero attached hydrogens (tertiary/aromatic N) is 1. The highest BCUT2D eigenvalue weighted by Gasteiger charge is 2.17. The Bertz CT molecular complexity index is 813. The van der Waals surface area contributed by atoms with Crippen LogP contribution in [0.3, 0.4) is 0 Å². The van der Waals surface area contributed by atoms with E-state index in [0.717, 1.165) is 37.1 Å². The molecule has 1 aliphatic rings. The van der Waals surface area contributed by atoms with Gasteiger partial charge in [-0.2, -0.15) is 0 Å². The lowest BCUT2D eigenvalue weighted by Crippen LogP contribution is -2.38. The Balaban J connectivity index is 1.39. The Morgan fingerprint density at radius 3 is 2.14 bits per heavy atom. The van der Waals surface area contributed by atoms with Gasteiger partial charge in [0.15, 0.2) is 0 Å². The molecule has 1 heterocycles. The highest BCUT2D eigenvalue weighted by atomic mass is 16.2. The fourth-order valence-corrected chi connectivity index (χ4v) is 3.20. The van der Waals surface area contributed by atoms with Crippen molar-refractivity contribution in [3.8, 4) is 11.1 Å². The molecule has 2 aromatic rings. The molecule has 3 rings (SSSR count). The van der Waals surface area contributed by atoms with Crippen molar-refractivity contribution in [3.63, 3.8) is 0 Å². The van der Waals surface area contributed by atoms with Crippen LogP contribution in [0.25, 0.3) is 11.1 Å². The minimum Gasteiger partial charge on any atom is -0.354 e. The van der Waals surface area contributed by atoms with E-state index < -0.39 is 0 Å². The molecule has 2 N–H and O–H groups in total. The van der Waals surface area contributed by atoms with E-state index in [4.69, 9.17) is 0 Å². The molecule has 0 aliphatic carbocycles. The number of carbonyl (C=O) groups is 3. The maximum absolute atomic E-state index is 12.2. The van der Waals surface area contributed by atoms with Crippen molar-refractivity contribution in [3.05, 3.63) is 60.2 Å². The predicted octanol–water partition coefficient (Wildman–Crippen LogP) is 2.21. The molecule has 0 atom stereocenters. The van der Waals surface area contributed by atoms with Crippen molar-refractivity contribution in [2.75, 3.05) is 26.2 Å². The third-order valence-corrected chi connectivity index (χ3v) is 4.78. The lowest BCUT2D eigenvalue weighted by molar-refractivity contribution is -0.130. The monoisotopic (exact) mass is 379 g/mol. The summed E-state index contributed by atoms with van der Waals surface area (Å²) in [5.74, 6) is -0.535. The predicted molar refractivity (Wildman–Crippen MR) is 108 cm³/mol. The summed E-state index contributed by atoms with van der Waals surface area (Å²) in [5, 5.41) is 5.28. The number of hydrogen-bond donors (Lipinski definition) is 2. The van der Waals surface area contributed by atoms with Gasteiger partial charge in [-0.05, 0) is 36.1 Å². The summed E-state index contributed by atoms with van der Waals surface area (Å²) in [5.41, 5.74) is 2.60. The lowest BCUT2D eigenvalue weighted by Gasteiger charge is -2.15. The third-order valence-electron chi connectivity index (χ3n) is 4.78. The zero-order chi connectivity index (χ0) is 19.8. The molecule has 28 heavy (non-hydrogen) atoms. The second kappa shape index (κ2) is 9.69. The molecule has 1 saturated heterocycles. The average molecular weight is 379 g/mol. The summed E-state index contributed by atoms with van der Waals surface area (Å²) in [7, 11) is 0. The molecule has 6 nitrogen and oxygen atoms in total. The second-order valence-corrected chi connectivity index (χ2v) is 6.81. The van der Waals surface area contributed by atoms with Crippen LogP contribution in [0.15, 0.2) is 54.6 Å². The molecule has 2 aromatic carbocycles. The van der Waals surface area contributed by atoms with Gasteiger partial charge in [0.05, 0.1) is 6.54 Å². The van der Waals surface area contributed by atoms with Gasteiger partial charge in [-0.25, -0.2) is 0 Å². The van der Waals surface area contributed by atoms with Crippen LogP contribution in [-0.4, -0.2) is 48.8 Å². The van der Waals surface area contributed by atoms with Crippen molar-refractivity contribution >= 4 is 17.7 Å². The SMILES string of the molecule is O=C(CNC(=O)c1ccc(-c2ccccc2)cc1)NCCC(=O)N1CCCC1. The van der Waals surface area contributed by atoms with Crippen LogP contribution in [0, 0.1) is 0 Å². The van der Waals surface area contributed by atoms with Crippen LogP contribution in [-0.2, 0) is 9.59 Å². The highest BCUT2D eigenvalue weighted by molar-refractivity contribution is 5.96. The van der Waals surface area contributed by atoms with E-state index in [1.807, 2.05) is 47.4 Å². The van der Waals surface area contributed by atoms with Gasteiger partial charge >= 0.3 is 0 Å². The van der Waals surface area contributed by atoms with Crippen molar-refractivity contribution < 1.29 is 14.4 Å². The summed E-state index contributed by atoms with van der Waals surface area (Å²) >= 11 is 0. The van der Waals surface area contributed by atoms with Crippen LogP contribution >= 0.6 is 0 Å². The lowest BCUT2D eigenvalue weighted by atomic mass is 10.0. The fraction of sp³-hybridized carbons (Fsp3) is 0.318. The summed E-state index contributed by atoms with van der Waals surface area (Å²) in [6, 6.07) is 17.2. The van der Waals surface area contributed by atoms with Gasteiger partial charge in [0.1, 0.15) is 0 Å². The van der Waals surface area contributed by atoms with Crippen LogP contribution in [0.2, 0.25) is 0 Å². The number of nitrogens with one attached hydrogen (secondary N) is 2. The number of likely N-dealkylation sites (tertiary alicyclic amines) is 1. The molecule has 3 amide bonds. The Hall–Kier alpha value is -3.15. The zero-order valence-electron chi connectivity index (χ0n) is 15.8. The van der Waals surface area contributed by atoms with Gasteiger partial charge in [-0.15, -0.1) is 0 Å².